The molecule has 0 aliphatic rings. The van der Waals surface area contributed by atoms with E-state index >= 15 is 0 Å². The van der Waals surface area contributed by atoms with Crippen molar-refractivity contribution >= 4 is 24.0 Å². The first kappa shape index (κ1) is 67.9. The standard InChI is InChI=1S/C25H48N2O6.C19H36N2O3.C6H14O4/c1-2-26-25(30)27-17-15-13-11-9-7-5-3-4-6-8-10-12-14-16-24(29)33-23-22-32-21-20-31-19-18-28;1-2-20-19(24)21-17-15-13-11-9-7-5-3-4-6-8-10-12-14-16-18(22)23;7-1-3-9-5-6-10-4-2-8/h7,9,28H,2-6,8,10-23H2,1H3,(H2,26,27,30);7,9H,2-6,8,10-17H2,1H3,(H,22,23)(H2,20,21,24);7-8H,1-6H2/b2*9-7-;. The third-order valence-electron chi connectivity index (χ3n) is 9.63. The Balaban J connectivity index is -0.00000105. The molecule has 0 saturated heterocycles. The van der Waals surface area contributed by atoms with Crippen LogP contribution in [-0.4, -0.2) is 150 Å². The summed E-state index contributed by atoms with van der Waals surface area (Å²) in [4.78, 5) is 44.4. The Morgan fingerprint density at radius 2 is 0.701 bits per heavy atom. The number of carboxylic acid groups (broad SMARTS) is 1. The Hall–Kier alpha value is -3.32. The molecule has 8 N–H and O–H groups in total. The molecule has 0 spiro atoms. The van der Waals surface area contributed by atoms with E-state index in [0.29, 0.717) is 78.8 Å². The predicted molar refractivity (Wildman–Crippen MR) is 266 cm³/mol. The highest BCUT2D eigenvalue weighted by Gasteiger charge is 2.03. The Morgan fingerprint density at radius 3 is 1.06 bits per heavy atom. The van der Waals surface area contributed by atoms with Crippen LogP contribution >= 0.6 is 0 Å². The fraction of sp³-hybridized carbons (Fsp3) is 0.840. The number of carbonyl (C=O) groups excluding carboxylic acids is 3. The van der Waals surface area contributed by atoms with Crippen molar-refractivity contribution in [2.24, 2.45) is 0 Å². The van der Waals surface area contributed by atoms with E-state index in [9.17, 15) is 19.2 Å². The number of hydrogen-bond acceptors (Lipinski definition) is 12. The first-order valence-corrected chi connectivity index (χ1v) is 25.6. The molecule has 0 rings (SSSR count). The zero-order valence-corrected chi connectivity index (χ0v) is 42.1. The molecule has 0 aromatic carbocycles. The summed E-state index contributed by atoms with van der Waals surface area (Å²) >= 11 is 0. The summed E-state index contributed by atoms with van der Waals surface area (Å²) < 4.78 is 25.2. The Labute approximate surface area is 405 Å². The van der Waals surface area contributed by atoms with Crippen LogP contribution in [0.3, 0.4) is 0 Å². The number of nitrogens with one attached hydrogen (secondary N) is 4. The number of hydrogen-bond donors (Lipinski definition) is 8. The van der Waals surface area contributed by atoms with Crippen LogP contribution < -0.4 is 21.3 Å². The molecular formula is C50H98N4O13. The topological polar surface area (TPSA) is 243 Å². The molecule has 17 nitrogen and oxygen atoms in total. The molecule has 0 bridgehead atoms. The third-order valence-corrected chi connectivity index (χ3v) is 9.63. The second kappa shape index (κ2) is 62.7. The molecule has 0 fully saturated rings. The van der Waals surface area contributed by atoms with E-state index in [2.05, 4.69) is 45.6 Å². The number of aliphatic hydroxyl groups is 3. The van der Waals surface area contributed by atoms with Crippen LogP contribution in [0.25, 0.3) is 0 Å². The van der Waals surface area contributed by atoms with E-state index in [4.69, 9.17) is 44.1 Å². The molecule has 0 saturated carbocycles. The van der Waals surface area contributed by atoms with Crippen molar-refractivity contribution in [2.45, 2.75) is 168 Å². The highest BCUT2D eigenvalue weighted by molar-refractivity contribution is 5.74. The molecule has 67 heavy (non-hydrogen) atoms. The molecule has 4 amide bonds. The Bertz CT molecular complexity index is 1090. The molecule has 17 heteroatoms. The van der Waals surface area contributed by atoms with E-state index in [-0.39, 0.29) is 44.5 Å². The second-order valence-electron chi connectivity index (χ2n) is 15.8. The van der Waals surface area contributed by atoms with Crippen LogP contribution in [-0.2, 0) is 33.3 Å². The lowest BCUT2D eigenvalue weighted by Gasteiger charge is -2.06. The Morgan fingerprint density at radius 1 is 0.388 bits per heavy atom. The van der Waals surface area contributed by atoms with Crippen LogP contribution in [0.5, 0.6) is 0 Å². The van der Waals surface area contributed by atoms with E-state index in [0.717, 1.165) is 96.6 Å². The number of amides is 4. The first-order valence-electron chi connectivity index (χ1n) is 25.6. The van der Waals surface area contributed by atoms with Gasteiger partial charge in [0.25, 0.3) is 0 Å². The van der Waals surface area contributed by atoms with Crippen molar-refractivity contribution in [2.75, 3.05) is 105 Å². The number of aliphatic hydroxyl groups excluding tert-OH is 3. The maximum Gasteiger partial charge on any atom is 0.314 e. The molecule has 0 heterocycles. The summed E-state index contributed by atoms with van der Waals surface area (Å²) in [7, 11) is 0. The fourth-order valence-electron chi connectivity index (χ4n) is 6.06. The van der Waals surface area contributed by atoms with Gasteiger partial charge >= 0.3 is 24.0 Å². The van der Waals surface area contributed by atoms with Gasteiger partial charge in [-0.3, -0.25) is 9.59 Å². The maximum absolute atomic E-state index is 11.6. The van der Waals surface area contributed by atoms with Crippen molar-refractivity contribution in [3.05, 3.63) is 24.3 Å². The quantitative estimate of drug-likeness (QED) is 0.0166. The lowest BCUT2D eigenvalue weighted by molar-refractivity contribution is -0.145. The van der Waals surface area contributed by atoms with E-state index in [1.807, 2.05) is 13.8 Å². The van der Waals surface area contributed by atoms with Gasteiger partial charge in [0.05, 0.1) is 72.7 Å². The molecular weight excluding hydrogens is 865 g/mol. The average molecular weight is 963 g/mol. The minimum atomic E-state index is -0.681. The SMILES string of the molecule is CCNC(=O)NCCCC/C=C\CCCCCCCCCC(=O)O.CCNC(=O)NCCCC/C=C\CCCCCCCCCC(=O)OCCOCCOCCO.OCCOCCOCCO. The van der Waals surface area contributed by atoms with Gasteiger partial charge in [-0.1, -0.05) is 88.5 Å². The first-order chi connectivity index (χ1) is 32.8. The second-order valence-corrected chi connectivity index (χ2v) is 15.8. The van der Waals surface area contributed by atoms with Gasteiger partial charge in [-0.25, -0.2) is 9.59 Å². The van der Waals surface area contributed by atoms with Gasteiger partial charge in [0.2, 0.25) is 0 Å². The number of rotatable bonds is 47. The predicted octanol–water partition coefficient (Wildman–Crippen LogP) is 7.74. The summed E-state index contributed by atoms with van der Waals surface area (Å²) in [6, 6.07) is -0.152. The normalized spacial score (nSPS) is 10.9. The number of unbranched alkanes of at least 4 members (excludes halogenated alkanes) is 18. The lowest BCUT2D eigenvalue weighted by atomic mass is 10.1. The molecule has 0 atom stereocenters. The van der Waals surface area contributed by atoms with Crippen molar-refractivity contribution < 1.29 is 63.3 Å². The number of allylic oxidation sites excluding steroid dienone is 4. The van der Waals surface area contributed by atoms with Gasteiger partial charge in [0.1, 0.15) is 6.61 Å². The van der Waals surface area contributed by atoms with Gasteiger partial charge in [-0.2, -0.15) is 0 Å². The molecule has 0 aliphatic heterocycles. The maximum atomic E-state index is 11.6. The third kappa shape index (κ3) is 69.4. The number of aliphatic carboxylic acids is 1. The average Bonchev–Trinajstić information content (AvgIpc) is 3.31. The highest BCUT2D eigenvalue weighted by atomic mass is 16.6. The molecule has 0 aliphatic carbocycles. The largest absolute Gasteiger partial charge is 0.481 e. The highest BCUT2D eigenvalue weighted by Crippen LogP contribution is 2.12. The van der Waals surface area contributed by atoms with Crippen LogP contribution in [0.1, 0.15) is 168 Å². The van der Waals surface area contributed by atoms with E-state index in [1.54, 1.807) is 0 Å². The zero-order valence-electron chi connectivity index (χ0n) is 42.1. The number of ether oxygens (including phenoxy) is 5. The van der Waals surface area contributed by atoms with Crippen molar-refractivity contribution in [3.8, 4) is 0 Å². The summed E-state index contributed by atoms with van der Waals surface area (Å²) in [5.74, 6) is -0.833. The minimum Gasteiger partial charge on any atom is -0.481 e. The van der Waals surface area contributed by atoms with Gasteiger partial charge in [-0.05, 0) is 90.9 Å². The number of urea groups is 2. The molecule has 0 aromatic rings. The number of carboxylic acids is 1. The van der Waals surface area contributed by atoms with Gasteiger partial charge < -0.3 is 65.4 Å². The summed E-state index contributed by atoms with van der Waals surface area (Å²) in [5.41, 5.74) is 0. The number of esters is 1. The Kier molecular flexibility index (Phi) is 63.6. The number of carbonyl (C=O) groups is 4. The van der Waals surface area contributed by atoms with Crippen LogP contribution in [0.4, 0.5) is 9.59 Å². The molecule has 396 valence electrons. The van der Waals surface area contributed by atoms with Crippen molar-refractivity contribution in [3.63, 3.8) is 0 Å². The minimum absolute atomic E-state index is 0.0125. The van der Waals surface area contributed by atoms with Gasteiger partial charge in [-0.15, -0.1) is 0 Å². The van der Waals surface area contributed by atoms with Crippen molar-refractivity contribution in [1.82, 2.24) is 21.3 Å². The molecule has 0 unspecified atom stereocenters. The van der Waals surface area contributed by atoms with Crippen LogP contribution in [0.15, 0.2) is 24.3 Å². The summed E-state index contributed by atoms with van der Waals surface area (Å²) in [5, 5.41) is 44.7. The van der Waals surface area contributed by atoms with Gasteiger partial charge in [0.15, 0.2) is 0 Å². The van der Waals surface area contributed by atoms with E-state index < -0.39 is 5.97 Å². The van der Waals surface area contributed by atoms with Crippen LogP contribution in [0, 0.1) is 0 Å². The lowest BCUT2D eigenvalue weighted by Crippen LogP contribution is -2.35. The fourth-order valence-corrected chi connectivity index (χ4v) is 6.06. The zero-order chi connectivity index (χ0) is 49.8. The molecule has 0 radical (unpaired) electrons. The monoisotopic (exact) mass is 963 g/mol. The summed E-state index contributed by atoms with van der Waals surface area (Å²) in [6.07, 6.45) is 34.6. The van der Waals surface area contributed by atoms with Crippen molar-refractivity contribution in [1.29, 1.82) is 0 Å². The van der Waals surface area contributed by atoms with Crippen LogP contribution in [0.2, 0.25) is 0 Å². The molecule has 0 aromatic heterocycles. The van der Waals surface area contributed by atoms with E-state index in [1.165, 1.54) is 57.8 Å². The van der Waals surface area contributed by atoms with Gasteiger partial charge in [0, 0.05) is 39.0 Å². The summed E-state index contributed by atoms with van der Waals surface area (Å²) in [6.45, 7) is 10.2. The smallest absolute Gasteiger partial charge is 0.314 e.